The molecule has 0 saturated heterocycles. The monoisotopic (exact) mass is 304 g/mol. The molecule has 1 unspecified atom stereocenters. The first-order valence-corrected chi connectivity index (χ1v) is 7.62. The average molecular weight is 304 g/mol. The van der Waals surface area contributed by atoms with Gasteiger partial charge in [0.2, 0.25) is 0 Å². The van der Waals surface area contributed by atoms with Gasteiger partial charge in [-0.05, 0) is 23.1 Å². The Morgan fingerprint density at radius 1 is 1.00 bits per heavy atom. The van der Waals surface area contributed by atoms with Crippen LogP contribution in [0.4, 0.5) is 0 Å². The molecule has 114 valence electrons. The number of rotatable bonds is 2. The Balaban J connectivity index is 1.87. The smallest absolute Gasteiger partial charge is 0.312 e. The molecule has 0 spiro atoms. The largest absolute Gasteiger partial charge is 0.497 e. The van der Waals surface area contributed by atoms with E-state index in [4.69, 9.17) is 9.47 Å². The Morgan fingerprint density at radius 3 is 2.57 bits per heavy atom. The van der Waals surface area contributed by atoms with Crippen molar-refractivity contribution in [1.29, 1.82) is 0 Å². The van der Waals surface area contributed by atoms with Crippen LogP contribution in [0.3, 0.4) is 0 Å². The van der Waals surface area contributed by atoms with E-state index in [0.29, 0.717) is 12.2 Å². The van der Waals surface area contributed by atoms with E-state index in [1.807, 2.05) is 48.5 Å². The van der Waals surface area contributed by atoms with Crippen molar-refractivity contribution in [3.63, 3.8) is 0 Å². The van der Waals surface area contributed by atoms with Crippen molar-refractivity contribution in [2.75, 3.05) is 7.11 Å². The second kappa shape index (κ2) is 5.43. The molecule has 0 fully saturated rings. The van der Waals surface area contributed by atoms with Crippen molar-refractivity contribution >= 4 is 16.7 Å². The molecule has 0 amide bonds. The summed E-state index contributed by atoms with van der Waals surface area (Å²) in [7, 11) is 1.65. The zero-order valence-corrected chi connectivity index (χ0v) is 12.8. The molecule has 1 atom stereocenters. The molecule has 1 aliphatic heterocycles. The molecule has 3 aromatic carbocycles. The van der Waals surface area contributed by atoms with Gasteiger partial charge < -0.3 is 9.47 Å². The number of benzene rings is 3. The van der Waals surface area contributed by atoms with E-state index in [0.717, 1.165) is 27.6 Å². The van der Waals surface area contributed by atoms with E-state index >= 15 is 0 Å². The number of fused-ring (bicyclic) bond motifs is 3. The molecule has 0 bridgehead atoms. The summed E-state index contributed by atoms with van der Waals surface area (Å²) in [6.45, 7) is 0. The van der Waals surface area contributed by atoms with Gasteiger partial charge in [0.25, 0.3) is 0 Å². The van der Waals surface area contributed by atoms with Crippen LogP contribution in [0, 0.1) is 0 Å². The maximum atomic E-state index is 12.1. The predicted molar refractivity (Wildman–Crippen MR) is 89.0 cm³/mol. The number of ether oxygens (including phenoxy) is 2. The third kappa shape index (κ3) is 2.34. The van der Waals surface area contributed by atoms with Crippen molar-refractivity contribution in [2.24, 2.45) is 0 Å². The van der Waals surface area contributed by atoms with Crippen LogP contribution in [-0.2, 0) is 4.79 Å². The highest BCUT2D eigenvalue weighted by Gasteiger charge is 2.29. The zero-order valence-electron chi connectivity index (χ0n) is 12.8. The van der Waals surface area contributed by atoms with Crippen molar-refractivity contribution in [3.05, 3.63) is 71.8 Å². The normalized spacial score (nSPS) is 16.7. The lowest BCUT2D eigenvalue weighted by molar-refractivity contribution is -0.135. The van der Waals surface area contributed by atoms with Crippen molar-refractivity contribution < 1.29 is 14.3 Å². The van der Waals surface area contributed by atoms with E-state index in [2.05, 4.69) is 12.1 Å². The van der Waals surface area contributed by atoms with Crippen LogP contribution in [0.2, 0.25) is 0 Å². The molecule has 4 rings (SSSR count). The summed E-state index contributed by atoms with van der Waals surface area (Å²) in [5.41, 5.74) is 2.16. The number of hydrogen-bond donors (Lipinski definition) is 0. The van der Waals surface area contributed by atoms with Gasteiger partial charge in [0, 0.05) is 16.9 Å². The second-order valence-electron chi connectivity index (χ2n) is 5.71. The Morgan fingerprint density at radius 2 is 1.78 bits per heavy atom. The number of carbonyl (C=O) groups is 1. The van der Waals surface area contributed by atoms with Gasteiger partial charge >= 0.3 is 5.97 Å². The summed E-state index contributed by atoms with van der Waals surface area (Å²) in [6, 6.07) is 20.0. The first-order chi connectivity index (χ1) is 11.3. The van der Waals surface area contributed by atoms with E-state index in [1.165, 1.54) is 0 Å². The second-order valence-corrected chi connectivity index (χ2v) is 5.71. The maximum absolute atomic E-state index is 12.1. The fourth-order valence-corrected chi connectivity index (χ4v) is 3.21. The molecule has 0 aromatic heterocycles. The van der Waals surface area contributed by atoms with Crippen LogP contribution in [0.25, 0.3) is 10.8 Å². The third-order valence-electron chi connectivity index (χ3n) is 4.39. The van der Waals surface area contributed by atoms with Gasteiger partial charge in [-0.1, -0.05) is 48.5 Å². The fraction of sp³-hybridized carbons (Fsp3) is 0.150. The molecule has 0 radical (unpaired) electrons. The highest BCUT2D eigenvalue weighted by molar-refractivity contribution is 5.93. The molecule has 23 heavy (non-hydrogen) atoms. The lowest BCUT2D eigenvalue weighted by Crippen LogP contribution is -2.21. The van der Waals surface area contributed by atoms with Crippen molar-refractivity contribution in [3.8, 4) is 11.5 Å². The van der Waals surface area contributed by atoms with Crippen molar-refractivity contribution in [2.45, 2.75) is 12.3 Å². The van der Waals surface area contributed by atoms with Crippen LogP contribution in [0.1, 0.15) is 23.5 Å². The third-order valence-corrected chi connectivity index (χ3v) is 4.39. The van der Waals surface area contributed by atoms with Gasteiger partial charge in [0.05, 0.1) is 13.5 Å². The van der Waals surface area contributed by atoms with Gasteiger partial charge in [0.1, 0.15) is 11.5 Å². The molecule has 1 aliphatic rings. The highest BCUT2D eigenvalue weighted by atomic mass is 16.5. The van der Waals surface area contributed by atoms with Gasteiger partial charge in [-0.25, -0.2) is 0 Å². The van der Waals surface area contributed by atoms with E-state index in [1.54, 1.807) is 7.11 Å². The van der Waals surface area contributed by atoms with Gasteiger partial charge in [0.15, 0.2) is 0 Å². The number of carbonyl (C=O) groups excluding carboxylic acids is 1. The van der Waals surface area contributed by atoms with Crippen LogP contribution in [0.15, 0.2) is 60.7 Å². The average Bonchev–Trinajstić information content (AvgIpc) is 2.61. The molecule has 0 saturated carbocycles. The standard InChI is InChI=1S/C20H16O3/c1-22-15-9-6-14(7-10-15)18-12-19(21)23-20-16-5-3-2-4-13(16)8-11-17(18)20/h2-11,18H,12H2,1H3. The SMILES string of the molecule is COc1ccc(C2CC(=O)Oc3c2ccc2ccccc32)cc1. The topological polar surface area (TPSA) is 35.5 Å². The minimum atomic E-state index is -0.185. The number of hydrogen-bond acceptors (Lipinski definition) is 3. The summed E-state index contributed by atoms with van der Waals surface area (Å²) in [5, 5.41) is 2.06. The molecule has 3 nitrogen and oxygen atoms in total. The zero-order chi connectivity index (χ0) is 15.8. The van der Waals surface area contributed by atoms with Crippen LogP contribution >= 0.6 is 0 Å². The summed E-state index contributed by atoms with van der Waals surface area (Å²) in [4.78, 5) is 12.1. The number of esters is 1. The van der Waals surface area contributed by atoms with Gasteiger partial charge in [-0.2, -0.15) is 0 Å². The molecule has 0 N–H and O–H groups in total. The Hall–Kier alpha value is -2.81. The van der Waals surface area contributed by atoms with Gasteiger partial charge in [-0.3, -0.25) is 4.79 Å². The fourth-order valence-electron chi connectivity index (χ4n) is 3.21. The highest BCUT2D eigenvalue weighted by Crippen LogP contribution is 2.42. The van der Waals surface area contributed by atoms with Crippen molar-refractivity contribution in [1.82, 2.24) is 0 Å². The first kappa shape index (κ1) is 13.8. The molecular weight excluding hydrogens is 288 g/mol. The molecule has 3 aromatic rings. The van der Waals surface area contributed by atoms with Gasteiger partial charge in [-0.15, -0.1) is 0 Å². The molecule has 3 heteroatoms. The summed E-state index contributed by atoms with van der Waals surface area (Å²) in [5.74, 6) is 1.34. The summed E-state index contributed by atoms with van der Waals surface area (Å²) >= 11 is 0. The molecular formula is C20H16O3. The quantitative estimate of drug-likeness (QED) is 0.523. The first-order valence-electron chi connectivity index (χ1n) is 7.62. The summed E-state index contributed by atoms with van der Waals surface area (Å²) < 4.78 is 10.8. The summed E-state index contributed by atoms with van der Waals surface area (Å²) in [6.07, 6.45) is 0.359. The van der Waals surface area contributed by atoms with E-state index in [-0.39, 0.29) is 11.9 Å². The molecule has 1 heterocycles. The van der Waals surface area contributed by atoms with E-state index in [9.17, 15) is 4.79 Å². The minimum Gasteiger partial charge on any atom is -0.497 e. The van der Waals surface area contributed by atoms with Crippen LogP contribution in [0.5, 0.6) is 11.5 Å². The lowest BCUT2D eigenvalue weighted by atomic mass is 9.85. The van der Waals surface area contributed by atoms with E-state index < -0.39 is 0 Å². The number of methoxy groups -OCH3 is 1. The predicted octanol–water partition coefficient (Wildman–Crippen LogP) is 4.29. The maximum Gasteiger partial charge on any atom is 0.312 e. The Bertz CT molecular complexity index is 881. The Kier molecular flexibility index (Phi) is 3.27. The lowest BCUT2D eigenvalue weighted by Gasteiger charge is -2.26. The Labute approximate surface area is 134 Å². The minimum absolute atomic E-state index is 0.0155. The van der Waals surface area contributed by atoms with Crippen LogP contribution < -0.4 is 9.47 Å². The molecule has 0 aliphatic carbocycles. The van der Waals surface area contributed by atoms with Crippen LogP contribution in [-0.4, -0.2) is 13.1 Å².